The molecule has 0 unspecified atom stereocenters. The molecule has 0 heterocycles. The fourth-order valence-corrected chi connectivity index (χ4v) is 1.80. The van der Waals surface area contributed by atoms with E-state index in [4.69, 9.17) is 10.00 Å². The van der Waals surface area contributed by atoms with Crippen LogP contribution in [0.1, 0.15) is 16.7 Å². The maximum Gasteiger partial charge on any atom is 0.269 e. The van der Waals surface area contributed by atoms with Crippen LogP contribution in [-0.4, -0.2) is 4.92 Å². The van der Waals surface area contributed by atoms with E-state index in [0.717, 1.165) is 5.56 Å². The van der Waals surface area contributed by atoms with Gasteiger partial charge >= 0.3 is 0 Å². The maximum atomic E-state index is 10.6. The third-order valence-corrected chi connectivity index (χ3v) is 2.82. The summed E-state index contributed by atoms with van der Waals surface area (Å²) >= 11 is 0. The summed E-state index contributed by atoms with van der Waals surface area (Å²) in [7, 11) is 0. The van der Waals surface area contributed by atoms with Crippen LogP contribution in [-0.2, 0) is 6.61 Å². The first-order chi connectivity index (χ1) is 9.60. The smallest absolute Gasteiger partial charge is 0.269 e. The first-order valence-electron chi connectivity index (χ1n) is 5.97. The maximum absolute atomic E-state index is 10.6. The molecule has 2 aromatic rings. The van der Waals surface area contributed by atoms with Crippen molar-refractivity contribution >= 4 is 5.69 Å². The van der Waals surface area contributed by atoms with Gasteiger partial charge < -0.3 is 4.74 Å². The Morgan fingerprint density at radius 3 is 2.75 bits per heavy atom. The number of aryl methyl sites for hydroxylation is 1. The molecule has 0 aliphatic rings. The molecule has 0 aliphatic heterocycles. The highest BCUT2D eigenvalue weighted by molar-refractivity contribution is 5.43. The summed E-state index contributed by atoms with van der Waals surface area (Å²) in [5.41, 5.74) is 2.20. The van der Waals surface area contributed by atoms with Crippen molar-refractivity contribution in [1.29, 1.82) is 5.26 Å². The molecule has 0 spiro atoms. The van der Waals surface area contributed by atoms with Gasteiger partial charge in [0.1, 0.15) is 12.4 Å². The van der Waals surface area contributed by atoms with E-state index in [1.165, 1.54) is 12.1 Å². The van der Waals surface area contributed by atoms with Crippen LogP contribution in [0, 0.1) is 28.4 Å². The molecule has 0 radical (unpaired) electrons. The van der Waals surface area contributed by atoms with Crippen molar-refractivity contribution in [2.24, 2.45) is 0 Å². The Balaban J connectivity index is 2.11. The van der Waals surface area contributed by atoms with Crippen LogP contribution >= 0.6 is 0 Å². The summed E-state index contributed by atoms with van der Waals surface area (Å²) in [4.78, 5) is 10.2. The predicted molar refractivity (Wildman–Crippen MR) is 73.3 cm³/mol. The van der Waals surface area contributed by atoms with Crippen molar-refractivity contribution in [3.63, 3.8) is 0 Å². The van der Waals surface area contributed by atoms with Crippen molar-refractivity contribution in [1.82, 2.24) is 0 Å². The molecule has 100 valence electrons. The van der Waals surface area contributed by atoms with E-state index >= 15 is 0 Å². The Kier molecular flexibility index (Phi) is 3.96. The van der Waals surface area contributed by atoms with E-state index in [0.29, 0.717) is 23.5 Å². The van der Waals surface area contributed by atoms with Crippen molar-refractivity contribution in [2.75, 3.05) is 0 Å². The molecular formula is C15H12N2O3. The second-order valence-electron chi connectivity index (χ2n) is 4.31. The Morgan fingerprint density at radius 1 is 1.30 bits per heavy atom. The number of nitro groups is 1. The molecule has 0 aromatic heterocycles. The highest BCUT2D eigenvalue weighted by Gasteiger charge is 2.08. The molecule has 2 aromatic carbocycles. The van der Waals surface area contributed by atoms with Gasteiger partial charge in [0, 0.05) is 12.1 Å². The monoisotopic (exact) mass is 268 g/mol. The molecule has 20 heavy (non-hydrogen) atoms. The minimum Gasteiger partial charge on any atom is -0.489 e. The van der Waals surface area contributed by atoms with Crippen molar-refractivity contribution in [3.8, 4) is 11.8 Å². The lowest BCUT2D eigenvalue weighted by molar-refractivity contribution is -0.384. The lowest BCUT2D eigenvalue weighted by Crippen LogP contribution is -1.98. The summed E-state index contributed by atoms with van der Waals surface area (Å²) in [5, 5.41) is 19.5. The highest BCUT2D eigenvalue weighted by Crippen LogP contribution is 2.24. The lowest BCUT2D eigenvalue weighted by Gasteiger charge is -2.09. The Labute approximate surface area is 116 Å². The third-order valence-electron chi connectivity index (χ3n) is 2.82. The van der Waals surface area contributed by atoms with Crippen LogP contribution in [0.2, 0.25) is 0 Å². The molecule has 5 heteroatoms. The Morgan fingerprint density at radius 2 is 2.10 bits per heavy atom. The van der Waals surface area contributed by atoms with Crippen molar-refractivity contribution < 1.29 is 9.66 Å². The number of nitrogens with zero attached hydrogens (tertiary/aromatic N) is 2. The predicted octanol–water partition coefficient (Wildman–Crippen LogP) is 3.35. The van der Waals surface area contributed by atoms with Crippen LogP contribution in [0.4, 0.5) is 5.69 Å². The molecule has 0 atom stereocenters. The Hall–Kier alpha value is -2.87. The van der Waals surface area contributed by atoms with Crippen LogP contribution in [0.25, 0.3) is 0 Å². The zero-order chi connectivity index (χ0) is 14.5. The number of hydrogen-bond acceptors (Lipinski definition) is 4. The van der Waals surface area contributed by atoms with Crippen molar-refractivity contribution in [2.45, 2.75) is 13.5 Å². The molecule has 0 bridgehead atoms. The fraction of sp³-hybridized carbons (Fsp3) is 0.133. The highest BCUT2D eigenvalue weighted by atomic mass is 16.6. The van der Waals surface area contributed by atoms with Crippen LogP contribution < -0.4 is 4.74 Å². The third kappa shape index (κ3) is 3.12. The van der Waals surface area contributed by atoms with E-state index in [9.17, 15) is 10.1 Å². The van der Waals surface area contributed by atoms with Crippen LogP contribution in [0.15, 0.2) is 42.5 Å². The van der Waals surface area contributed by atoms with E-state index < -0.39 is 4.92 Å². The summed E-state index contributed by atoms with van der Waals surface area (Å²) in [6.45, 7) is 2.07. The normalized spacial score (nSPS) is 9.80. The number of nitro benzene ring substituents is 1. The van der Waals surface area contributed by atoms with Gasteiger partial charge in [0.25, 0.3) is 5.69 Å². The van der Waals surface area contributed by atoms with Gasteiger partial charge in [-0.3, -0.25) is 10.1 Å². The fourth-order valence-electron chi connectivity index (χ4n) is 1.80. The van der Waals surface area contributed by atoms with Crippen LogP contribution in [0.5, 0.6) is 5.75 Å². The summed E-state index contributed by atoms with van der Waals surface area (Å²) in [6, 6.07) is 13.7. The molecule has 0 saturated heterocycles. The van der Waals surface area contributed by atoms with E-state index in [-0.39, 0.29) is 5.69 Å². The van der Waals surface area contributed by atoms with E-state index in [2.05, 4.69) is 6.07 Å². The number of benzene rings is 2. The summed E-state index contributed by atoms with van der Waals surface area (Å²) < 4.78 is 5.63. The lowest BCUT2D eigenvalue weighted by atomic mass is 10.1. The van der Waals surface area contributed by atoms with E-state index in [1.807, 2.05) is 6.07 Å². The molecule has 0 amide bonds. The average Bonchev–Trinajstić information content (AvgIpc) is 2.46. The SMILES string of the molecule is Cc1cc([N+](=O)[O-])ccc1OCc1cccc(C#N)c1. The largest absolute Gasteiger partial charge is 0.489 e. The first kappa shape index (κ1) is 13.6. The second-order valence-corrected chi connectivity index (χ2v) is 4.31. The zero-order valence-electron chi connectivity index (χ0n) is 10.9. The van der Waals surface area contributed by atoms with Gasteiger partial charge in [0.05, 0.1) is 16.6 Å². The van der Waals surface area contributed by atoms with Gasteiger partial charge in [-0.2, -0.15) is 5.26 Å². The molecule has 0 fully saturated rings. The van der Waals surface area contributed by atoms with Gasteiger partial charge in [-0.25, -0.2) is 0 Å². The average molecular weight is 268 g/mol. The minimum atomic E-state index is -0.437. The molecule has 0 aliphatic carbocycles. The summed E-state index contributed by atoms with van der Waals surface area (Å²) in [6.07, 6.45) is 0. The number of nitriles is 1. The first-order valence-corrected chi connectivity index (χ1v) is 5.97. The number of ether oxygens (including phenoxy) is 1. The van der Waals surface area contributed by atoms with Gasteiger partial charge in [0.15, 0.2) is 0 Å². The molecular weight excluding hydrogens is 256 g/mol. The molecule has 5 nitrogen and oxygen atoms in total. The van der Waals surface area contributed by atoms with Gasteiger partial charge in [-0.05, 0) is 36.2 Å². The van der Waals surface area contributed by atoms with Crippen LogP contribution in [0.3, 0.4) is 0 Å². The minimum absolute atomic E-state index is 0.0429. The number of non-ortho nitro benzene ring substituents is 1. The second kappa shape index (κ2) is 5.85. The zero-order valence-corrected chi connectivity index (χ0v) is 10.9. The van der Waals surface area contributed by atoms with Gasteiger partial charge in [-0.1, -0.05) is 12.1 Å². The Bertz CT molecular complexity index is 690. The van der Waals surface area contributed by atoms with Crippen molar-refractivity contribution in [3.05, 3.63) is 69.3 Å². The molecule has 0 saturated carbocycles. The quantitative estimate of drug-likeness (QED) is 0.629. The summed E-state index contributed by atoms with van der Waals surface area (Å²) in [5.74, 6) is 0.595. The topological polar surface area (TPSA) is 76.2 Å². The molecule has 2 rings (SSSR count). The standard InChI is InChI=1S/C15H12N2O3/c1-11-7-14(17(18)19)5-6-15(11)20-10-13-4-2-3-12(8-13)9-16/h2-8H,10H2,1H3. The van der Waals surface area contributed by atoms with Gasteiger partial charge in [0.2, 0.25) is 0 Å². The number of rotatable bonds is 4. The van der Waals surface area contributed by atoms with Gasteiger partial charge in [-0.15, -0.1) is 0 Å². The molecule has 0 N–H and O–H groups in total. The van der Waals surface area contributed by atoms with E-state index in [1.54, 1.807) is 31.2 Å². The number of hydrogen-bond donors (Lipinski definition) is 0.